The summed E-state index contributed by atoms with van der Waals surface area (Å²) < 4.78 is 48.9. The largest absolute Gasteiger partial charge is 0.319 e. The quantitative estimate of drug-likeness (QED) is 0.727. The molecule has 2 bridgehead atoms. The smallest absolute Gasteiger partial charge is 0.311 e. The van der Waals surface area contributed by atoms with E-state index >= 15 is 0 Å². The molecule has 3 unspecified atom stereocenters. The summed E-state index contributed by atoms with van der Waals surface area (Å²) in [5.41, 5.74) is 0. The van der Waals surface area contributed by atoms with Crippen LogP contribution in [0.2, 0.25) is 0 Å². The summed E-state index contributed by atoms with van der Waals surface area (Å²) in [5, 5.41) is 2.50. The molecule has 5 heteroatoms. The summed E-state index contributed by atoms with van der Waals surface area (Å²) in [5.74, 6) is -2.07. The van der Waals surface area contributed by atoms with E-state index in [1.165, 1.54) is 19.3 Å². The van der Waals surface area contributed by atoms with Crippen LogP contribution >= 0.6 is 0 Å². The normalized spacial score (nSPS) is 33.9. The molecular weight excluding hydrogens is 222 g/mol. The van der Waals surface area contributed by atoms with Gasteiger partial charge < -0.3 is 5.32 Å². The number of fused-ring (bicyclic) bond motifs is 2. The van der Waals surface area contributed by atoms with E-state index in [1.807, 2.05) is 0 Å². The number of hydrogen-bond donors (Lipinski definition) is 1. The van der Waals surface area contributed by atoms with Crippen molar-refractivity contribution in [1.82, 2.24) is 5.32 Å². The molecule has 0 spiro atoms. The van der Waals surface area contributed by atoms with Gasteiger partial charge in [0.05, 0.1) is 6.54 Å². The van der Waals surface area contributed by atoms with Crippen LogP contribution in [0.1, 0.15) is 25.7 Å². The topological polar surface area (TPSA) is 12.0 Å². The first-order chi connectivity index (χ1) is 7.49. The second kappa shape index (κ2) is 4.51. The fraction of sp³-hybridized carbons (Fsp3) is 1.00. The zero-order valence-corrected chi connectivity index (χ0v) is 9.06. The van der Waals surface area contributed by atoms with Crippen molar-refractivity contribution in [2.24, 2.45) is 17.8 Å². The lowest BCUT2D eigenvalue weighted by atomic mass is 9.89. The first-order valence-electron chi connectivity index (χ1n) is 5.85. The maximum atomic E-state index is 12.6. The van der Waals surface area contributed by atoms with Crippen molar-refractivity contribution in [3.8, 4) is 0 Å². The van der Waals surface area contributed by atoms with Gasteiger partial charge >= 0.3 is 12.3 Å². The van der Waals surface area contributed by atoms with E-state index in [2.05, 4.69) is 5.32 Å². The fourth-order valence-electron chi connectivity index (χ4n) is 3.13. The molecule has 0 aromatic carbocycles. The lowest BCUT2D eigenvalue weighted by Gasteiger charge is -2.23. The van der Waals surface area contributed by atoms with Crippen molar-refractivity contribution in [2.75, 3.05) is 13.1 Å². The third-order valence-electron chi connectivity index (χ3n) is 3.97. The Kier molecular flexibility index (Phi) is 3.42. The third kappa shape index (κ3) is 2.50. The molecule has 2 fully saturated rings. The highest BCUT2D eigenvalue weighted by atomic mass is 19.3. The van der Waals surface area contributed by atoms with Crippen LogP contribution in [-0.4, -0.2) is 25.4 Å². The Balaban J connectivity index is 1.69. The Labute approximate surface area is 92.6 Å². The molecule has 16 heavy (non-hydrogen) atoms. The molecule has 0 amide bonds. The molecule has 2 saturated carbocycles. The number of rotatable bonds is 5. The average molecular weight is 239 g/mol. The van der Waals surface area contributed by atoms with Crippen molar-refractivity contribution in [3.63, 3.8) is 0 Å². The monoisotopic (exact) mass is 239 g/mol. The Morgan fingerprint density at radius 3 is 2.44 bits per heavy atom. The number of alkyl halides is 4. The van der Waals surface area contributed by atoms with Gasteiger partial charge in [0.15, 0.2) is 0 Å². The molecular formula is C11H17F4N. The van der Waals surface area contributed by atoms with Gasteiger partial charge in [0.2, 0.25) is 0 Å². The standard InChI is InChI=1S/C11H17F4N/c12-10(13)11(14,15)6-16-5-9-4-7-1-2-8(9)3-7/h7-10,16H,1-6H2. The summed E-state index contributed by atoms with van der Waals surface area (Å²) in [7, 11) is 0. The molecule has 3 atom stereocenters. The van der Waals surface area contributed by atoms with Crippen molar-refractivity contribution in [2.45, 2.75) is 38.0 Å². The van der Waals surface area contributed by atoms with Crippen LogP contribution in [0.15, 0.2) is 0 Å². The van der Waals surface area contributed by atoms with Crippen LogP contribution in [-0.2, 0) is 0 Å². The number of halogens is 4. The van der Waals surface area contributed by atoms with Gasteiger partial charge in [-0.15, -0.1) is 0 Å². The summed E-state index contributed by atoms with van der Waals surface area (Å²) >= 11 is 0. The SMILES string of the molecule is FC(F)C(F)(F)CNCC1CC2CCC1C2. The van der Waals surface area contributed by atoms with Gasteiger partial charge in [-0.1, -0.05) is 6.42 Å². The molecule has 0 heterocycles. The number of nitrogens with one attached hydrogen (secondary N) is 1. The molecule has 2 aliphatic carbocycles. The second-order valence-corrected chi connectivity index (χ2v) is 5.13. The highest BCUT2D eigenvalue weighted by Crippen LogP contribution is 2.47. The van der Waals surface area contributed by atoms with E-state index in [0.29, 0.717) is 18.4 Å². The second-order valence-electron chi connectivity index (χ2n) is 5.13. The lowest BCUT2D eigenvalue weighted by Crippen LogP contribution is -2.41. The van der Waals surface area contributed by atoms with Crippen LogP contribution in [0.4, 0.5) is 17.6 Å². The lowest BCUT2D eigenvalue weighted by molar-refractivity contribution is -0.125. The van der Waals surface area contributed by atoms with Gasteiger partial charge in [0, 0.05) is 0 Å². The van der Waals surface area contributed by atoms with E-state index in [4.69, 9.17) is 0 Å². The van der Waals surface area contributed by atoms with Gasteiger partial charge in [0.1, 0.15) is 0 Å². The van der Waals surface area contributed by atoms with Crippen LogP contribution < -0.4 is 5.32 Å². The van der Waals surface area contributed by atoms with E-state index in [1.54, 1.807) is 0 Å². The molecule has 1 nitrogen and oxygen atoms in total. The van der Waals surface area contributed by atoms with Gasteiger partial charge in [-0.3, -0.25) is 0 Å². The summed E-state index contributed by atoms with van der Waals surface area (Å²) in [6, 6.07) is 0. The van der Waals surface area contributed by atoms with Crippen molar-refractivity contribution >= 4 is 0 Å². The first kappa shape index (κ1) is 12.1. The minimum Gasteiger partial charge on any atom is -0.311 e. The van der Waals surface area contributed by atoms with E-state index < -0.39 is 18.9 Å². The predicted molar refractivity (Wildman–Crippen MR) is 52.8 cm³/mol. The van der Waals surface area contributed by atoms with Crippen LogP contribution in [0, 0.1) is 17.8 Å². The first-order valence-corrected chi connectivity index (χ1v) is 5.85. The van der Waals surface area contributed by atoms with E-state index in [0.717, 1.165) is 12.3 Å². The molecule has 0 aromatic rings. The zero-order chi connectivity index (χ0) is 11.8. The molecule has 2 aliphatic rings. The maximum absolute atomic E-state index is 12.6. The minimum absolute atomic E-state index is 0.423. The zero-order valence-electron chi connectivity index (χ0n) is 9.06. The fourth-order valence-corrected chi connectivity index (χ4v) is 3.13. The minimum atomic E-state index is -3.89. The van der Waals surface area contributed by atoms with E-state index in [9.17, 15) is 17.6 Å². The van der Waals surface area contributed by atoms with Crippen LogP contribution in [0.5, 0.6) is 0 Å². The molecule has 0 aromatic heterocycles. The molecule has 2 rings (SSSR count). The Hall–Kier alpha value is -0.320. The van der Waals surface area contributed by atoms with Crippen LogP contribution in [0.3, 0.4) is 0 Å². The van der Waals surface area contributed by atoms with Crippen molar-refractivity contribution in [1.29, 1.82) is 0 Å². The Morgan fingerprint density at radius 2 is 1.94 bits per heavy atom. The molecule has 94 valence electrons. The van der Waals surface area contributed by atoms with Gasteiger partial charge in [-0.05, 0) is 43.6 Å². The van der Waals surface area contributed by atoms with Crippen molar-refractivity contribution < 1.29 is 17.6 Å². The Bertz CT molecular complexity index is 244. The highest BCUT2D eigenvalue weighted by molar-refractivity contribution is 4.91. The van der Waals surface area contributed by atoms with Gasteiger partial charge in [-0.25, -0.2) is 8.78 Å². The molecule has 0 saturated heterocycles. The number of hydrogen-bond acceptors (Lipinski definition) is 1. The summed E-state index contributed by atoms with van der Waals surface area (Å²) in [6.45, 7) is -0.442. The van der Waals surface area contributed by atoms with Gasteiger partial charge in [-0.2, -0.15) is 8.78 Å². The van der Waals surface area contributed by atoms with Gasteiger partial charge in [0.25, 0.3) is 0 Å². The Morgan fingerprint density at radius 1 is 1.19 bits per heavy atom. The van der Waals surface area contributed by atoms with Crippen molar-refractivity contribution in [3.05, 3.63) is 0 Å². The average Bonchev–Trinajstić information content (AvgIpc) is 2.78. The summed E-state index contributed by atoms with van der Waals surface area (Å²) in [6.07, 6.45) is 1.16. The molecule has 1 N–H and O–H groups in total. The van der Waals surface area contributed by atoms with E-state index in [-0.39, 0.29) is 0 Å². The maximum Gasteiger partial charge on any atom is 0.319 e. The molecule has 0 aliphatic heterocycles. The molecule has 0 radical (unpaired) electrons. The highest BCUT2D eigenvalue weighted by Gasteiger charge is 2.42. The third-order valence-corrected chi connectivity index (χ3v) is 3.97. The van der Waals surface area contributed by atoms with Crippen LogP contribution in [0.25, 0.3) is 0 Å². The predicted octanol–water partition coefficient (Wildman–Crippen LogP) is 2.91. The summed E-state index contributed by atoms with van der Waals surface area (Å²) in [4.78, 5) is 0.